The highest BCUT2D eigenvalue weighted by molar-refractivity contribution is 5.98. The maximum Gasteiger partial charge on any atom is 0.274 e. The number of H-pyrrole nitrogens is 1. The van der Waals surface area contributed by atoms with Crippen molar-refractivity contribution in [1.82, 2.24) is 29.7 Å². The molecule has 9 nitrogen and oxygen atoms in total. The summed E-state index contributed by atoms with van der Waals surface area (Å²) in [7, 11) is 0. The molecule has 1 aliphatic heterocycles. The van der Waals surface area contributed by atoms with Crippen molar-refractivity contribution < 1.29 is 9.53 Å². The molecule has 5 rings (SSSR count). The number of anilines is 1. The van der Waals surface area contributed by atoms with Crippen LogP contribution in [0.1, 0.15) is 29.0 Å². The molecule has 1 amide bonds. The first-order valence-corrected chi connectivity index (χ1v) is 10.2. The second kappa shape index (κ2) is 7.84. The summed E-state index contributed by atoms with van der Waals surface area (Å²) in [6.07, 6.45) is 7.34. The van der Waals surface area contributed by atoms with E-state index in [1.807, 2.05) is 54.2 Å². The number of imidazole rings is 1. The summed E-state index contributed by atoms with van der Waals surface area (Å²) >= 11 is 0. The number of nitrogen functional groups attached to an aromatic ring is 1. The molecule has 0 radical (unpaired) electrons. The molecule has 0 aliphatic carbocycles. The smallest absolute Gasteiger partial charge is 0.274 e. The van der Waals surface area contributed by atoms with E-state index in [0.717, 1.165) is 42.0 Å². The molecule has 1 atom stereocenters. The Bertz CT molecular complexity index is 1240. The van der Waals surface area contributed by atoms with Crippen molar-refractivity contribution in [3.8, 4) is 22.6 Å². The number of carbonyl (C=O) groups is 1. The average Bonchev–Trinajstić information content (AvgIpc) is 3.44. The minimum Gasteiger partial charge on any atom is -0.382 e. The Morgan fingerprint density at radius 3 is 2.97 bits per heavy atom. The van der Waals surface area contributed by atoms with Crippen LogP contribution in [-0.4, -0.2) is 49.5 Å². The Hall–Kier alpha value is -3.72. The Balaban J connectivity index is 1.60. The number of rotatable bonds is 4. The minimum atomic E-state index is -0.348. The fourth-order valence-electron chi connectivity index (χ4n) is 3.83. The third kappa shape index (κ3) is 3.64. The van der Waals surface area contributed by atoms with Gasteiger partial charge in [-0.2, -0.15) is 0 Å². The fraction of sp³-hybridized carbons (Fsp3) is 0.273. The molecule has 1 saturated heterocycles. The minimum absolute atomic E-state index is 0.0565. The van der Waals surface area contributed by atoms with Gasteiger partial charge in [-0.3, -0.25) is 4.79 Å². The molecule has 1 aliphatic rings. The van der Waals surface area contributed by atoms with Gasteiger partial charge in [-0.15, -0.1) is 0 Å². The Morgan fingerprint density at radius 1 is 1.29 bits per heavy atom. The number of ether oxygens (including phenoxy) is 1. The molecule has 5 heterocycles. The Kier molecular flexibility index (Phi) is 4.87. The molecule has 31 heavy (non-hydrogen) atoms. The lowest BCUT2D eigenvalue weighted by molar-refractivity contribution is 0.0622. The van der Waals surface area contributed by atoms with E-state index in [4.69, 9.17) is 15.5 Å². The molecule has 4 aromatic rings. The molecule has 1 fully saturated rings. The average molecular weight is 417 g/mol. The van der Waals surface area contributed by atoms with E-state index in [2.05, 4.69) is 20.3 Å². The molecule has 158 valence electrons. The highest BCUT2D eigenvalue weighted by atomic mass is 16.5. The van der Waals surface area contributed by atoms with Gasteiger partial charge in [0.2, 0.25) is 0 Å². The van der Waals surface area contributed by atoms with Gasteiger partial charge >= 0.3 is 0 Å². The number of fused-ring (bicyclic) bond motifs is 1. The van der Waals surface area contributed by atoms with Crippen molar-refractivity contribution in [2.45, 2.75) is 25.8 Å². The predicted octanol–water partition coefficient (Wildman–Crippen LogP) is 2.59. The maximum atomic E-state index is 13.0. The molecular weight excluding hydrogens is 394 g/mol. The maximum absolute atomic E-state index is 13.0. The second-order valence-corrected chi connectivity index (χ2v) is 7.67. The van der Waals surface area contributed by atoms with Crippen molar-refractivity contribution in [3.63, 3.8) is 0 Å². The molecule has 1 unspecified atom stereocenters. The van der Waals surface area contributed by atoms with Crippen LogP contribution in [0.25, 0.3) is 28.3 Å². The van der Waals surface area contributed by atoms with Crippen molar-refractivity contribution in [1.29, 1.82) is 0 Å². The van der Waals surface area contributed by atoms with E-state index in [1.165, 1.54) is 0 Å². The number of nitrogens with two attached hydrogens (primary N) is 1. The monoisotopic (exact) mass is 417 g/mol. The molecule has 4 N–H and O–H groups in total. The highest BCUT2D eigenvalue weighted by Crippen LogP contribution is 2.30. The lowest BCUT2D eigenvalue weighted by atomic mass is 10.1. The Labute approximate surface area is 178 Å². The number of aromatic amines is 1. The van der Waals surface area contributed by atoms with Gasteiger partial charge in [0, 0.05) is 36.5 Å². The zero-order chi connectivity index (χ0) is 21.4. The van der Waals surface area contributed by atoms with E-state index in [-0.39, 0.29) is 23.5 Å². The summed E-state index contributed by atoms with van der Waals surface area (Å²) in [6, 6.07) is 7.55. The summed E-state index contributed by atoms with van der Waals surface area (Å²) in [6.45, 7) is 3.19. The number of aryl methyl sites for hydroxylation is 1. The summed E-state index contributed by atoms with van der Waals surface area (Å²) in [5.74, 6) is -0.262. The van der Waals surface area contributed by atoms with Gasteiger partial charge in [-0.25, -0.2) is 15.0 Å². The zero-order valence-corrected chi connectivity index (χ0v) is 17.1. The van der Waals surface area contributed by atoms with Crippen LogP contribution in [0.15, 0.2) is 42.9 Å². The normalized spacial score (nSPS) is 16.5. The molecule has 0 spiro atoms. The first kappa shape index (κ1) is 19.3. The molecule has 0 aromatic carbocycles. The van der Waals surface area contributed by atoms with Gasteiger partial charge in [0.05, 0.1) is 18.3 Å². The standard InChI is InChI=1S/C22H23N7O2/c1-13-10-25-17-7-6-14(11-29(13)17)18-19(16-5-2-8-24-16)28-21(23)20(27-18)22(30)26-15-4-3-9-31-12-15/h2,5-8,10-11,15,24H,3-4,9,12H2,1H3,(H2,23,28)(H,26,30). The van der Waals surface area contributed by atoms with Crippen molar-refractivity contribution in [2.75, 3.05) is 18.9 Å². The van der Waals surface area contributed by atoms with Gasteiger partial charge in [-0.05, 0) is 44.0 Å². The number of nitrogens with zero attached hydrogens (tertiary/aromatic N) is 4. The highest BCUT2D eigenvalue weighted by Gasteiger charge is 2.23. The van der Waals surface area contributed by atoms with Gasteiger partial charge in [-0.1, -0.05) is 0 Å². The van der Waals surface area contributed by atoms with Crippen molar-refractivity contribution >= 4 is 17.4 Å². The van der Waals surface area contributed by atoms with E-state index < -0.39 is 0 Å². The van der Waals surface area contributed by atoms with E-state index in [1.54, 1.807) is 0 Å². The number of amides is 1. The van der Waals surface area contributed by atoms with Gasteiger partial charge in [0.1, 0.15) is 17.0 Å². The number of pyridine rings is 1. The number of hydrogen-bond acceptors (Lipinski definition) is 6. The van der Waals surface area contributed by atoms with Crippen LogP contribution in [0, 0.1) is 6.92 Å². The van der Waals surface area contributed by atoms with Crippen LogP contribution in [-0.2, 0) is 4.74 Å². The lowest BCUT2D eigenvalue weighted by Crippen LogP contribution is -2.41. The summed E-state index contributed by atoms with van der Waals surface area (Å²) in [4.78, 5) is 29.8. The zero-order valence-electron chi connectivity index (χ0n) is 17.1. The van der Waals surface area contributed by atoms with E-state index >= 15 is 0 Å². The van der Waals surface area contributed by atoms with Crippen molar-refractivity contribution in [2.24, 2.45) is 0 Å². The number of aromatic nitrogens is 5. The number of nitrogens with one attached hydrogen (secondary N) is 2. The first-order valence-electron chi connectivity index (χ1n) is 10.2. The third-order valence-electron chi connectivity index (χ3n) is 5.45. The van der Waals surface area contributed by atoms with Gasteiger partial charge in [0.25, 0.3) is 5.91 Å². The molecule has 0 saturated carbocycles. The molecular formula is C22H23N7O2. The van der Waals surface area contributed by atoms with Crippen LogP contribution < -0.4 is 11.1 Å². The predicted molar refractivity (Wildman–Crippen MR) is 116 cm³/mol. The first-order chi connectivity index (χ1) is 15.1. The van der Waals surface area contributed by atoms with Crippen LogP contribution in [0.2, 0.25) is 0 Å². The molecule has 0 bridgehead atoms. The lowest BCUT2D eigenvalue weighted by Gasteiger charge is -2.23. The van der Waals surface area contributed by atoms with Crippen LogP contribution in [0.4, 0.5) is 5.82 Å². The molecule has 4 aromatic heterocycles. The Morgan fingerprint density at radius 2 is 2.19 bits per heavy atom. The fourth-order valence-corrected chi connectivity index (χ4v) is 3.83. The number of carbonyl (C=O) groups excluding carboxylic acids is 1. The summed E-state index contributed by atoms with van der Waals surface area (Å²) in [5, 5.41) is 2.97. The van der Waals surface area contributed by atoms with Gasteiger partial charge in [0.15, 0.2) is 11.5 Å². The quantitative estimate of drug-likeness (QED) is 0.469. The summed E-state index contributed by atoms with van der Waals surface area (Å²) < 4.78 is 7.44. The third-order valence-corrected chi connectivity index (χ3v) is 5.45. The van der Waals surface area contributed by atoms with Crippen LogP contribution >= 0.6 is 0 Å². The van der Waals surface area contributed by atoms with E-state index in [9.17, 15) is 4.79 Å². The summed E-state index contributed by atoms with van der Waals surface area (Å²) in [5.41, 5.74) is 10.8. The molecule has 9 heteroatoms. The van der Waals surface area contributed by atoms with Crippen LogP contribution in [0.5, 0.6) is 0 Å². The topological polar surface area (TPSA) is 123 Å². The second-order valence-electron chi connectivity index (χ2n) is 7.67. The van der Waals surface area contributed by atoms with Gasteiger partial charge < -0.3 is 25.2 Å². The van der Waals surface area contributed by atoms with Crippen LogP contribution in [0.3, 0.4) is 0 Å². The number of hydrogen-bond donors (Lipinski definition) is 3. The van der Waals surface area contributed by atoms with E-state index in [0.29, 0.717) is 18.0 Å². The van der Waals surface area contributed by atoms with Crippen molar-refractivity contribution in [3.05, 3.63) is 54.2 Å². The SMILES string of the molecule is Cc1cnc2ccc(-c3nc(C(=O)NC4CCCOC4)c(N)nc3-c3ccc[nH]3)cn12. The largest absolute Gasteiger partial charge is 0.382 e.